The van der Waals surface area contributed by atoms with Gasteiger partial charge in [-0.3, -0.25) is 4.57 Å². The molecule has 0 aliphatic carbocycles. The topological polar surface area (TPSA) is 50.7 Å². The van der Waals surface area contributed by atoms with Gasteiger partial charge in [-0.05, 0) is 6.42 Å². The quantitative estimate of drug-likeness (QED) is 0.835. The van der Waals surface area contributed by atoms with Gasteiger partial charge in [0.2, 0.25) is 0 Å². The van der Waals surface area contributed by atoms with Crippen LogP contribution in [0.4, 0.5) is 0 Å². The second-order valence-corrected chi connectivity index (χ2v) is 3.89. The molecule has 0 radical (unpaired) electrons. The van der Waals surface area contributed by atoms with Crippen molar-refractivity contribution in [2.24, 2.45) is 0 Å². The first-order valence-electron chi connectivity index (χ1n) is 4.48. The smallest absolute Gasteiger partial charge is 0.313 e. The number of aromatic nitrogens is 3. The molecule has 0 spiro atoms. The minimum atomic E-state index is -0.0768. The van der Waals surface area contributed by atoms with E-state index in [1.165, 1.54) is 0 Å². The third-order valence-corrected chi connectivity index (χ3v) is 3.01. The molecule has 0 bridgehead atoms. The average Bonchev–Trinajstić information content (AvgIpc) is 2.80. The maximum atomic E-state index is 11.4. The maximum Gasteiger partial charge on any atom is 0.326 e. The summed E-state index contributed by atoms with van der Waals surface area (Å²) in [4.78, 5) is 18.3. The van der Waals surface area contributed by atoms with Gasteiger partial charge >= 0.3 is 5.69 Å². The molecule has 0 saturated heterocycles. The molecule has 5 heteroatoms. The fourth-order valence-corrected chi connectivity index (χ4v) is 2.29. The SMILES string of the molecule is CCC(c1nccs1)n1cc[nH]c1=O. The Morgan fingerprint density at radius 2 is 2.57 bits per heavy atom. The van der Waals surface area contributed by atoms with E-state index in [9.17, 15) is 4.79 Å². The van der Waals surface area contributed by atoms with Gasteiger partial charge in [-0.25, -0.2) is 9.78 Å². The molecule has 0 saturated carbocycles. The molecule has 1 atom stereocenters. The molecule has 1 N–H and O–H groups in total. The van der Waals surface area contributed by atoms with E-state index in [4.69, 9.17) is 0 Å². The Balaban J connectivity index is 2.41. The number of nitrogens with zero attached hydrogens (tertiary/aromatic N) is 2. The van der Waals surface area contributed by atoms with E-state index in [0.29, 0.717) is 0 Å². The number of imidazole rings is 1. The highest BCUT2D eigenvalue weighted by molar-refractivity contribution is 7.09. The Labute approximate surface area is 85.2 Å². The highest BCUT2D eigenvalue weighted by Crippen LogP contribution is 2.21. The number of H-pyrrole nitrogens is 1. The van der Waals surface area contributed by atoms with Crippen LogP contribution in [-0.4, -0.2) is 14.5 Å². The highest BCUT2D eigenvalue weighted by Gasteiger charge is 2.15. The lowest BCUT2D eigenvalue weighted by atomic mass is 10.2. The van der Waals surface area contributed by atoms with Crippen LogP contribution in [0, 0.1) is 0 Å². The van der Waals surface area contributed by atoms with Gasteiger partial charge < -0.3 is 4.98 Å². The third kappa shape index (κ3) is 1.50. The Morgan fingerprint density at radius 1 is 1.71 bits per heavy atom. The normalized spacial score (nSPS) is 12.9. The Hall–Kier alpha value is -1.36. The van der Waals surface area contributed by atoms with E-state index in [1.807, 2.05) is 12.3 Å². The molecule has 1 unspecified atom stereocenters. The molecule has 2 aromatic heterocycles. The lowest BCUT2D eigenvalue weighted by molar-refractivity contribution is 0.547. The summed E-state index contributed by atoms with van der Waals surface area (Å²) in [6, 6.07) is 0.0637. The minimum Gasteiger partial charge on any atom is -0.313 e. The van der Waals surface area contributed by atoms with Gasteiger partial charge in [0, 0.05) is 24.0 Å². The maximum absolute atomic E-state index is 11.4. The Bertz CT molecular complexity index is 443. The molecule has 2 rings (SSSR count). The highest BCUT2D eigenvalue weighted by atomic mass is 32.1. The number of nitrogens with one attached hydrogen (secondary N) is 1. The van der Waals surface area contributed by atoms with Crippen LogP contribution in [0.1, 0.15) is 24.4 Å². The van der Waals surface area contributed by atoms with Crippen molar-refractivity contribution >= 4 is 11.3 Å². The van der Waals surface area contributed by atoms with Crippen LogP contribution in [-0.2, 0) is 0 Å². The summed E-state index contributed by atoms with van der Waals surface area (Å²) in [7, 11) is 0. The zero-order valence-corrected chi connectivity index (χ0v) is 8.62. The van der Waals surface area contributed by atoms with E-state index in [0.717, 1.165) is 11.4 Å². The van der Waals surface area contributed by atoms with Gasteiger partial charge in [0.25, 0.3) is 0 Å². The summed E-state index contributed by atoms with van der Waals surface area (Å²) in [5, 5.41) is 2.91. The van der Waals surface area contributed by atoms with E-state index in [2.05, 4.69) is 9.97 Å². The monoisotopic (exact) mass is 209 g/mol. The van der Waals surface area contributed by atoms with Crippen LogP contribution in [0.5, 0.6) is 0 Å². The second-order valence-electron chi connectivity index (χ2n) is 2.97. The first-order chi connectivity index (χ1) is 6.83. The van der Waals surface area contributed by atoms with E-state index in [-0.39, 0.29) is 11.7 Å². The third-order valence-electron chi connectivity index (χ3n) is 2.14. The van der Waals surface area contributed by atoms with Crippen molar-refractivity contribution in [2.45, 2.75) is 19.4 Å². The van der Waals surface area contributed by atoms with Crippen LogP contribution in [0.15, 0.2) is 28.8 Å². The summed E-state index contributed by atoms with van der Waals surface area (Å²) in [6.45, 7) is 2.05. The number of aromatic amines is 1. The molecule has 0 amide bonds. The molecule has 2 heterocycles. The summed E-state index contributed by atoms with van der Waals surface area (Å²) in [5.74, 6) is 0. The molecule has 0 aliphatic heterocycles. The number of rotatable bonds is 3. The van der Waals surface area contributed by atoms with Crippen molar-refractivity contribution < 1.29 is 0 Å². The zero-order chi connectivity index (χ0) is 9.97. The van der Waals surface area contributed by atoms with Crippen LogP contribution in [0.25, 0.3) is 0 Å². The molecule has 0 aromatic carbocycles. The number of thiazole rings is 1. The van der Waals surface area contributed by atoms with Gasteiger partial charge in [-0.15, -0.1) is 11.3 Å². The second kappa shape index (κ2) is 3.79. The fraction of sp³-hybridized carbons (Fsp3) is 0.333. The van der Waals surface area contributed by atoms with Gasteiger partial charge in [-0.1, -0.05) is 6.92 Å². The van der Waals surface area contributed by atoms with Crippen LogP contribution < -0.4 is 5.69 Å². The van der Waals surface area contributed by atoms with Gasteiger partial charge in [-0.2, -0.15) is 0 Å². The molecule has 0 aliphatic rings. The molecular weight excluding hydrogens is 198 g/mol. The molecule has 2 aromatic rings. The van der Waals surface area contributed by atoms with Crippen molar-refractivity contribution in [1.29, 1.82) is 0 Å². The van der Waals surface area contributed by atoms with Crippen molar-refractivity contribution in [3.8, 4) is 0 Å². The van der Waals surface area contributed by atoms with Crippen LogP contribution in [0.3, 0.4) is 0 Å². The lowest BCUT2D eigenvalue weighted by Crippen LogP contribution is -2.22. The predicted octanol–water partition coefficient (Wildman–Crippen LogP) is 1.63. The summed E-state index contributed by atoms with van der Waals surface area (Å²) in [5.41, 5.74) is -0.0768. The molecule has 74 valence electrons. The standard InChI is InChI=1S/C9H11N3OS/c1-2-7(8-10-4-6-14-8)12-5-3-11-9(12)13/h3-7H,2H2,1H3,(H,11,13). The molecule has 0 fully saturated rings. The Kier molecular flexibility index (Phi) is 2.49. The van der Waals surface area contributed by atoms with Gasteiger partial charge in [0.05, 0.1) is 6.04 Å². The largest absolute Gasteiger partial charge is 0.326 e. The van der Waals surface area contributed by atoms with E-state index < -0.39 is 0 Å². The van der Waals surface area contributed by atoms with Crippen LogP contribution >= 0.6 is 11.3 Å². The summed E-state index contributed by atoms with van der Waals surface area (Å²) in [6.07, 6.45) is 6.04. The molecule has 4 nitrogen and oxygen atoms in total. The molecule has 14 heavy (non-hydrogen) atoms. The number of hydrogen-bond acceptors (Lipinski definition) is 3. The van der Waals surface area contributed by atoms with E-state index >= 15 is 0 Å². The van der Waals surface area contributed by atoms with Crippen molar-refractivity contribution in [3.63, 3.8) is 0 Å². The van der Waals surface area contributed by atoms with Crippen LogP contribution in [0.2, 0.25) is 0 Å². The summed E-state index contributed by atoms with van der Waals surface area (Å²) >= 11 is 1.58. The summed E-state index contributed by atoms with van der Waals surface area (Å²) < 4.78 is 1.68. The van der Waals surface area contributed by atoms with Gasteiger partial charge in [0.15, 0.2) is 0 Å². The molecular formula is C9H11N3OS. The lowest BCUT2D eigenvalue weighted by Gasteiger charge is -2.11. The average molecular weight is 209 g/mol. The van der Waals surface area contributed by atoms with Crippen molar-refractivity contribution in [2.75, 3.05) is 0 Å². The first-order valence-corrected chi connectivity index (χ1v) is 5.35. The van der Waals surface area contributed by atoms with Crippen molar-refractivity contribution in [3.05, 3.63) is 39.5 Å². The zero-order valence-electron chi connectivity index (χ0n) is 7.80. The number of hydrogen-bond donors (Lipinski definition) is 1. The fourth-order valence-electron chi connectivity index (χ4n) is 1.47. The first kappa shape index (κ1) is 9.21. The van der Waals surface area contributed by atoms with Gasteiger partial charge in [0.1, 0.15) is 5.01 Å². The van der Waals surface area contributed by atoms with Crippen molar-refractivity contribution in [1.82, 2.24) is 14.5 Å². The predicted molar refractivity (Wildman–Crippen MR) is 55.6 cm³/mol. The van der Waals surface area contributed by atoms with E-state index in [1.54, 1.807) is 34.5 Å². The minimum absolute atomic E-state index is 0.0637. The Morgan fingerprint density at radius 3 is 3.07 bits per heavy atom.